The van der Waals surface area contributed by atoms with Crippen molar-refractivity contribution in [1.82, 2.24) is 9.88 Å². The predicted molar refractivity (Wildman–Crippen MR) is 114 cm³/mol. The molecule has 0 unspecified atom stereocenters. The first kappa shape index (κ1) is 19.3. The van der Waals surface area contributed by atoms with Gasteiger partial charge in [-0.15, -0.1) is 11.3 Å². The van der Waals surface area contributed by atoms with Gasteiger partial charge in [0.05, 0.1) is 31.0 Å². The maximum Gasteiger partial charge on any atom is 0.129 e. The second-order valence-corrected chi connectivity index (χ2v) is 10.1. The molecule has 3 aliphatic heterocycles. The van der Waals surface area contributed by atoms with E-state index in [1.54, 1.807) is 18.4 Å². The molecule has 5 rings (SSSR count). The van der Waals surface area contributed by atoms with Crippen molar-refractivity contribution in [2.75, 3.05) is 26.8 Å². The SMILES string of the molecule is COc1ccc2c(c1)OC(C)(C)[C@H]1CC3(CCN(Cc4cscn4)CC3)CO[C@H]21. The maximum atomic E-state index is 6.60. The van der Waals surface area contributed by atoms with Crippen molar-refractivity contribution in [2.45, 2.75) is 51.4 Å². The standard InChI is InChI=1S/C23H30N2O3S/c1-22(2)19-11-23(6-8-25(9-7-23)12-16-13-29-15-24-16)14-27-21(19)18-5-4-17(26-3)10-20(18)28-22/h4-5,10,13,15,19,21H,6-9,11-12,14H2,1-3H3/t19-,21+/m0/s1. The van der Waals surface area contributed by atoms with E-state index < -0.39 is 0 Å². The van der Waals surface area contributed by atoms with Gasteiger partial charge in [0.15, 0.2) is 0 Å². The van der Waals surface area contributed by atoms with E-state index in [1.165, 1.54) is 30.5 Å². The minimum absolute atomic E-state index is 0.110. The van der Waals surface area contributed by atoms with Crippen LogP contribution in [0.4, 0.5) is 0 Å². The number of thiazole rings is 1. The summed E-state index contributed by atoms with van der Waals surface area (Å²) in [4.78, 5) is 6.99. The number of methoxy groups -OCH3 is 1. The molecule has 0 saturated carbocycles. The number of likely N-dealkylation sites (tertiary alicyclic amines) is 1. The Bertz CT molecular complexity index is 859. The fourth-order valence-corrected chi connectivity index (χ4v) is 5.88. The lowest BCUT2D eigenvalue weighted by Crippen LogP contribution is -2.54. The molecule has 4 heterocycles. The van der Waals surface area contributed by atoms with E-state index in [0.717, 1.165) is 37.7 Å². The average Bonchev–Trinajstić information content (AvgIpc) is 3.22. The second kappa shape index (κ2) is 7.25. The Balaban J connectivity index is 1.31. The van der Waals surface area contributed by atoms with E-state index in [4.69, 9.17) is 14.2 Å². The lowest BCUT2D eigenvalue weighted by molar-refractivity contribution is -0.174. The molecule has 2 fully saturated rings. The summed E-state index contributed by atoms with van der Waals surface area (Å²) in [5, 5.41) is 2.16. The number of hydrogen-bond acceptors (Lipinski definition) is 6. The van der Waals surface area contributed by atoms with Gasteiger partial charge in [0.2, 0.25) is 0 Å². The molecule has 5 nitrogen and oxygen atoms in total. The summed E-state index contributed by atoms with van der Waals surface area (Å²) in [7, 11) is 1.69. The summed E-state index contributed by atoms with van der Waals surface area (Å²) in [5.74, 6) is 2.10. The van der Waals surface area contributed by atoms with Crippen LogP contribution in [0.5, 0.6) is 11.5 Å². The molecule has 2 aromatic rings. The van der Waals surface area contributed by atoms with Crippen molar-refractivity contribution in [1.29, 1.82) is 0 Å². The fourth-order valence-electron chi connectivity index (χ4n) is 5.33. The van der Waals surface area contributed by atoms with E-state index in [0.29, 0.717) is 5.92 Å². The van der Waals surface area contributed by atoms with Crippen molar-refractivity contribution < 1.29 is 14.2 Å². The van der Waals surface area contributed by atoms with Gasteiger partial charge in [0.1, 0.15) is 17.1 Å². The van der Waals surface area contributed by atoms with Crippen molar-refractivity contribution in [3.05, 3.63) is 40.3 Å². The Hall–Kier alpha value is -1.63. The number of hydrogen-bond donors (Lipinski definition) is 0. The Morgan fingerprint density at radius 3 is 2.83 bits per heavy atom. The van der Waals surface area contributed by atoms with Crippen LogP contribution in [0, 0.1) is 11.3 Å². The molecule has 0 radical (unpaired) electrons. The molecular weight excluding hydrogens is 384 g/mol. The molecule has 2 saturated heterocycles. The van der Waals surface area contributed by atoms with Gasteiger partial charge in [-0.3, -0.25) is 4.90 Å². The normalized spacial score (nSPS) is 27.7. The predicted octanol–water partition coefficient (Wildman–Crippen LogP) is 4.68. The summed E-state index contributed by atoms with van der Waals surface area (Å²) in [6.07, 6.45) is 3.65. The molecule has 3 aliphatic rings. The number of piperidine rings is 1. The van der Waals surface area contributed by atoms with Gasteiger partial charge in [0.25, 0.3) is 0 Å². The highest BCUT2D eigenvalue weighted by molar-refractivity contribution is 7.07. The molecule has 0 N–H and O–H groups in total. The van der Waals surface area contributed by atoms with Crippen LogP contribution in [-0.2, 0) is 11.3 Å². The van der Waals surface area contributed by atoms with Crippen LogP contribution in [0.1, 0.15) is 50.5 Å². The third kappa shape index (κ3) is 3.56. The van der Waals surface area contributed by atoms with Gasteiger partial charge in [0, 0.05) is 29.5 Å². The fraction of sp³-hybridized carbons (Fsp3) is 0.609. The molecule has 156 valence electrons. The summed E-state index contributed by atoms with van der Waals surface area (Å²) >= 11 is 1.68. The zero-order valence-electron chi connectivity index (χ0n) is 17.5. The van der Waals surface area contributed by atoms with E-state index >= 15 is 0 Å². The third-order valence-electron chi connectivity index (χ3n) is 7.17. The van der Waals surface area contributed by atoms with E-state index in [9.17, 15) is 0 Å². The highest BCUT2D eigenvalue weighted by Crippen LogP contribution is 2.55. The number of ether oxygens (including phenoxy) is 3. The van der Waals surface area contributed by atoms with Crippen LogP contribution < -0.4 is 9.47 Å². The lowest BCUT2D eigenvalue weighted by Gasteiger charge is -2.54. The topological polar surface area (TPSA) is 43.8 Å². The lowest BCUT2D eigenvalue weighted by atomic mass is 9.64. The first-order chi connectivity index (χ1) is 14.0. The molecule has 1 aromatic heterocycles. The third-order valence-corrected chi connectivity index (χ3v) is 7.80. The molecule has 1 spiro atoms. The molecule has 6 heteroatoms. The Morgan fingerprint density at radius 1 is 1.28 bits per heavy atom. The highest BCUT2D eigenvalue weighted by Gasteiger charge is 2.52. The zero-order chi connectivity index (χ0) is 20.1. The average molecular weight is 415 g/mol. The van der Waals surface area contributed by atoms with Crippen molar-refractivity contribution in [2.24, 2.45) is 11.3 Å². The molecule has 29 heavy (non-hydrogen) atoms. The summed E-state index contributed by atoms with van der Waals surface area (Å²) < 4.78 is 18.5. The maximum absolute atomic E-state index is 6.60. The van der Waals surface area contributed by atoms with Gasteiger partial charge >= 0.3 is 0 Å². The van der Waals surface area contributed by atoms with Crippen LogP contribution in [0.3, 0.4) is 0 Å². The zero-order valence-corrected chi connectivity index (χ0v) is 18.3. The first-order valence-electron chi connectivity index (χ1n) is 10.6. The smallest absolute Gasteiger partial charge is 0.129 e. The molecule has 0 bridgehead atoms. The number of fused-ring (bicyclic) bond motifs is 3. The highest BCUT2D eigenvalue weighted by atomic mass is 32.1. The van der Waals surface area contributed by atoms with Crippen LogP contribution >= 0.6 is 11.3 Å². The van der Waals surface area contributed by atoms with Gasteiger partial charge in [-0.25, -0.2) is 4.98 Å². The second-order valence-electron chi connectivity index (χ2n) is 9.41. The van der Waals surface area contributed by atoms with Crippen molar-refractivity contribution in [3.63, 3.8) is 0 Å². The first-order valence-corrected chi connectivity index (χ1v) is 11.5. The van der Waals surface area contributed by atoms with E-state index in [-0.39, 0.29) is 17.1 Å². The Kier molecular flexibility index (Phi) is 4.84. The van der Waals surface area contributed by atoms with Gasteiger partial charge in [-0.1, -0.05) is 0 Å². The van der Waals surface area contributed by atoms with Crippen LogP contribution in [-0.4, -0.2) is 42.3 Å². The van der Waals surface area contributed by atoms with E-state index in [1.807, 2.05) is 17.6 Å². The number of benzene rings is 1. The summed E-state index contributed by atoms with van der Waals surface area (Å²) in [6.45, 7) is 8.48. The Labute approximate surface area is 177 Å². The molecule has 0 aliphatic carbocycles. The molecular formula is C23H30N2O3S. The van der Waals surface area contributed by atoms with Crippen molar-refractivity contribution >= 4 is 11.3 Å². The van der Waals surface area contributed by atoms with Crippen molar-refractivity contribution in [3.8, 4) is 11.5 Å². The van der Waals surface area contributed by atoms with Crippen LogP contribution in [0.2, 0.25) is 0 Å². The molecule has 1 aromatic carbocycles. The quantitative estimate of drug-likeness (QED) is 0.729. The van der Waals surface area contributed by atoms with E-state index in [2.05, 4.69) is 35.2 Å². The van der Waals surface area contributed by atoms with Crippen LogP contribution in [0.25, 0.3) is 0 Å². The molecule has 2 atom stereocenters. The summed E-state index contributed by atoms with van der Waals surface area (Å²) in [5.41, 5.74) is 4.30. The number of aromatic nitrogens is 1. The van der Waals surface area contributed by atoms with Crippen LogP contribution in [0.15, 0.2) is 29.1 Å². The van der Waals surface area contributed by atoms with Gasteiger partial charge in [-0.2, -0.15) is 0 Å². The monoisotopic (exact) mass is 414 g/mol. The molecule has 0 amide bonds. The minimum Gasteiger partial charge on any atom is -0.497 e. The Morgan fingerprint density at radius 2 is 2.10 bits per heavy atom. The largest absolute Gasteiger partial charge is 0.497 e. The number of rotatable bonds is 3. The van der Waals surface area contributed by atoms with Gasteiger partial charge < -0.3 is 14.2 Å². The minimum atomic E-state index is -0.255. The summed E-state index contributed by atoms with van der Waals surface area (Å²) in [6, 6.07) is 6.13. The van der Waals surface area contributed by atoms with Gasteiger partial charge in [-0.05, 0) is 63.7 Å². The number of nitrogens with zero attached hydrogens (tertiary/aromatic N) is 2.